The third kappa shape index (κ3) is 3.94. The number of rotatable bonds is 5. The number of benzene rings is 3. The Kier molecular flexibility index (Phi) is 5.32. The number of aliphatic imine (C=N–C) groups is 1. The quantitative estimate of drug-likeness (QED) is 0.493. The average Bonchev–Trinajstić information content (AvgIpc) is 3.21. The number of aryl methyl sites for hydroxylation is 1. The van der Waals surface area contributed by atoms with Crippen molar-refractivity contribution < 1.29 is 5.11 Å². The van der Waals surface area contributed by atoms with Crippen LogP contribution in [0.3, 0.4) is 0 Å². The van der Waals surface area contributed by atoms with Crippen LogP contribution in [0, 0.1) is 0 Å². The number of nitrogens with zero attached hydrogens (tertiary/aromatic N) is 2. The molecule has 6 nitrogen and oxygen atoms in total. The fourth-order valence-corrected chi connectivity index (χ4v) is 4.01. The van der Waals surface area contributed by atoms with Crippen molar-refractivity contribution in [2.45, 2.75) is 13.0 Å². The summed E-state index contributed by atoms with van der Waals surface area (Å²) in [6, 6.07) is 27.0. The van der Waals surface area contributed by atoms with E-state index in [-0.39, 0.29) is 18.0 Å². The van der Waals surface area contributed by atoms with Crippen LogP contribution in [0.15, 0.2) is 99.5 Å². The fraction of sp³-hybridized carbons (Fsp3) is 0.0741. The number of H-pyrrole nitrogens is 1. The summed E-state index contributed by atoms with van der Waals surface area (Å²) in [7, 11) is 0. The van der Waals surface area contributed by atoms with Crippen molar-refractivity contribution in [1.29, 1.82) is 0 Å². The minimum Gasteiger partial charge on any atom is -0.494 e. The Labute approximate surface area is 189 Å². The van der Waals surface area contributed by atoms with Crippen molar-refractivity contribution in [3.8, 4) is 5.88 Å². The van der Waals surface area contributed by atoms with Gasteiger partial charge in [-0.1, -0.05) is 78.9 Å². The topological polar surface area (TPSA) is 87.5 Å². The van der Waals surface area contributed by atoms with Crippen molar-refractivity contribution in [2.75, 3.05) is 0 Å². The maximum atomic E-state index is 12.7. The van der Waals surface area contributed by atoms with Crippen molar-refractivity contribution >= 4 is 23.0 Å². The van der Waals surface area contributed by atoms with E-state index in [4.69, 9.17) is 4.99 Å². The van der Waals surface area contributed by atoms with Gasteiger partial charge in [0.1, 0.15) is 5.56 Å². The van der Waals surface area contributed by atoms with Crippen molar-refractivity contribution in [2.24, 2.45) is 4.99 Å². The number of aromatic hydroxyl groups is 1. The molecule has 6 heteroatoms. The van der Waals surface area contributed by atoms with E-state index in [2.05, 4.69) is 4.98 Å². The number of allylic oxidation sites excluding steroid dienone is 1. The molecule has 0 radical (unpaired) electrons. The molecule has 2 N–H and O–H groups in total. The normalized spacial score (nSPS) is 13.7. The first-order valence-electron chi connectivity index (χ1n) is 10.7. The van der Waals surface area contributed by atoms with Gasteiger partial charge in [-0.3, -0.25) is 14.3 Å². The number of aromatic nitrogens is 2. The summed E-state index contributed by atoms with van der Waals surface area (Å²) in [5, 5.41) is 11.0. The molecule has 0 unspecified atom stereocenters. The van der Waals surface area contributed by atoms with Gasteiger partial charge in [-0.25, -0.2) is 9.79 Å². The van der Waals surface area contributed by atoms with E-state index in [0.29, 0.717) is 17.7 Å². The average molecular weight is 435 g/mol. The second-order valence-corrected chi connectivity index (χ2v) is 7.79. The molecular weight excluding hydrogens is 414 g/mol. The van der Waals surface area contributed by atoms with Crippen molar-refractivity contribution in [3.63, 3.8) is 0 Å². The molecule has 0 aliphatic carbocycles. The lowest BCUT2D eigenvalue weighted by Gasteiger charge is -2.11. The van der Waals surface area contributed by atoms with Gasteiger partial charge in [-0.05, 0) is 24.1 Å². The number of aromatic amines is 1. The summed E-state index contributed by atoms with van der Waals surface area (Å²) < 4.78 is 1.20. The summed E-state index contributed by atoms with van der Waals surface area (Å²) in [5.74, 6) is -0.357. The zero-order valence-corrected chi connectivity index (χ0v) is 17.7. The van der Waals surface area contributed by atoms with Crippen molar-refractivity contribution in [3.05, 3.63) is 128 Å². The van der Waals surface area contributed by atoms with E-state index < -0.39 is 11.2 Å². The highest BCUT2D eigenvalue weighted by molar-refractivity contribution is 6.39. The predicted octanol–water partition coefficient (Wildman–Crippen LogP) is 4.16. The van der Waals surface area contributed by atoms with Gasteiger partial charge in [0.15, 0.2) is 0 Å². The molecule has 1 aliphatic rings. The maximum absolute atomic E-state index is 12.7. The lowest BCUT2D eigenvalue weighted by Crippen LogP contribution is -2.32. The minimum atomic E-state index is -0.641. The molecule has 2 heterocycles. The van der Waals surface area contributed by atoms with Gasteiger partial charge < -0.3 is 5.11 Å². The van der Waals surface area contributed by atoms with Gasteiger partial charge >= 0.3 is 5.69 Å². The van der Waals surface area contributed by atoms with Crippen LogP contribution in [0.1, 0.15) is 22.3 Å². The summed E-state index contributed by atoms with van der Waals surface area (Å²) in [6.07, 6.45) is 2.15. The summed E-state index contributed by atoms with van der Waals surface area (Å²) >= 11 is 0. The molecule has 0 atom stereocenters. The molecule has 33 heavy (non-hydrogen) atoms. The van der Waals surface area contributed by atoms with Gasteiger partial charge in [0.25, 0.3) is 5.56 Å². The van der Waals surface area contributed by atoms with Crippen LogP contribution in [0.4, 0.5) is 5.69 Å². The molecule has 3 aromatic carbocycles. The SMILES string of the molecule is O=c1[nH]c(=O)n(CCc2ccccc2)c(O)c1C=C1C(c2ccccc2)=Nc2ccccc21. The Morgan fingerprint density at radius 2 is 1.55 bits per heavy atom. The molecule has 1 aliphatic heterocycles. The van der Waals surface area contributed by atoms with E-state index in [1.54, 1.807) is 6.08 Å². The minimum absolute atomic E-state index is 0.0259. The molecule has 0 saturated heterocycles. The molecule has 0 fully saturated rings. The summed E-state index contributed by atoms with van der Waals surface area (Å²) in [4.78, 5) is 32.3. The molecule has 1 aromatic heterocycles. The van der Waals surface area contributed by atoms with E-state index >= 15 is 0 Å². The lowest BCUT2D eigenvalue weighted by atomic mass is 9.96. The second-order valence-electron chi connectivity index (χ2n) is 7.79. The first-order valence-corrected chi connectivity index (χ1v) is 10.7. The number of nitrogens with one attached hydrogen (secondary N) is 1. The monoisotopic (exact) mass is 435 g/mol. The third-order valence-corrected chi connectivity index (χ3v) is 5.69. The molecule has 0 saturated carbocycles. The van der Waals surface area contributed by atoms with Crippen LogP contribution in [0.2, 0.25) is 0 Å². The van der Waals surface area contributed by atoms with Crippen LogP contribution >= 0.6 is 0 Å². The van der Waals surface area contributed by atoms with Gasteiger partial charge in [0, 0.05) is 23.2 Å². The Morgan fingerprint density at radius 3 is 2.30 bits per heavy atom. The standard InChI is InChI=1S/C27H21N3O3/c31-25-22(26(32)30(27(33)29-25)16-15-18-9-3-1-4-10-18)17-21-20-13-7-8-14-23(20)28-24(21)19-11-5-2-6-12-19/h1-14,17,32H,15-16H2,(H,29,31,33). The molecule has 0 spiro atoms. The lowest BCUT2D eigenvalue weighted by molar-refractivity contribution is 0.399. The van der Waals surface area contributed by atoms with Gasteiger partial charge in [0.2, 0.25) is 5.88 Å². The van der Waals surface area contributed by atoms with E-state index in [1.807, 2.05) is 84.9 Å². The highest BCUT2D eigenvalue weighted by atomic mass is 16.3. The Balaban J connectivity index is 1.61. The van der Waals surface area contributed by atoms with Gasteiger partial charge in [-0.15, -0.1) is 0 Å². The van der Waals surface area contributed by atoms with E-state index in [0.717, 1.165) is 22.4 Å². The second kappa shape index (κ2) is 8.59. The van der Waals surface area contributed by atoms with Crippen molar-refractivity contribution in [1.82, 2.24) is 9.55 Å². The van der Waals surface area contributed by atoms with Crippen LogP contribution in [0.25, 0.3) is 11.6 Å². The molecular formula is C27H21N3O3. The highest BCUT2D eigenvalue weighted by Crippen LogP contribution is 2.38. The van der Waals surface area contributed by atoms with Crippen LogP contribution in [-0.2, 0) is 13.0 Å². The summed E-state index contributed by atoms with van der Waals surface area (Å²) in [5.41, 5.74) is 3.73. The Hall–Kier alpha value is -4.45. The highest BCUT2D eigenvalue weighted by Gasteiger charge is 2.23. The number of para-hydroxylation sites is 1. The van der Waals surface area contributed by atoms with Gasteiger partial charge in [0.05, 0.1) is 11.4 Å². The maximum Gasteiger partial charge on any atom is 0.331 e. The van der Waals surface area contributed by atoms with Crippen LogP contribution in [-0.4, -0.2) is 20.4 Å². The predicted molar refractivity (Wildman–Crippen MR) is 130 cm³/mol. The first kappa shape index (κ1) is 20.5. The number of hydrogen-bond acceptors (Lipinski definition) is 4. The van der Waals surface area contributed by atoms with E-state index in [9.17, 15) is 14.7 Å². The molecule has 0 amide bonds. The van der Waals surface area contributed by atoms with E-state index in [1.165, 1.54) is 4.57 Å². The molecule has 4 aromatic rings. The Bertz CT molecular complexity index is 1500. The first-order chi connectivity index (χ1) is 16.1. The van der Waals surface area contributed by atoms with Gasteiger partial charge in [-0.2, -0.15) is 0 Å². The third-order valence-electron chi connectivity index (χ3n) is 5.69. The fourth-order valence-electron chi connectivity index (χ4n) is 4.01. The smallest absolute Gasteiger partial charge is 0.331 e. The number of fused-ring (bicyclic) bond motifs is 1. The molecule has 5 rings (SSSR count). The molecule has 0 bridgehead atoms. The summed E-state index contributed by atoms with van der Waals surface area (Å²) in [6.45, 7) is 0.234. The Morgan fingerprint density at radius 1 is 0.879 bits per heavy atom. The van der Waals surface area contributed by atoms with Crippen LogP contribution in [0.5, 0.6) is 5.88 Å². The number of hydrogen-bond donors (Lipinski definition) is 2. The van der Waals surface area contributed by atoms with Crippen LogP contribution < -0.4 is 11.2 Å². The zero-order valence-electron chi connectivity index (χ0n) is 17.7. The zero-order chi connectivity index (χ0) is 22.8. The largest absolute Gasteiger partial charge is 0.494 e. The molecule has 162 valence electrons.